The highest BCUT2D eigenvalue weighted by Crippen LogP contribution is 2.29. The van der Waals surface area contributed by atoms with Gasteiger partial charge < -0.3 is 10.5 Å². The van der Waals surface area contributed by atoms with Crippen LogP contribution in [0.2, 0.25) is 0 Å². The van der Waals surface area contributed by atoms with E-state index >= 15 is 0 Å². The maximum atomic E-state index is 5.99. The van der Waals surface area contributed by atoms with E-state index in [2.05, 4.69) is 27.0 Å². The molecule has 2 aromatic carbocycles. The Kier molecular flexibility index (Phi) is 4.24. The maximum absolute atomic E-state index is 5.99. The molecule has 21 heavy (non-hydrogen) atoms. The van der Waals surface area contributed by atoms with Crippen LogP contribution in [0.5, 0.6) is 5.75 Å². The minimum absolute atomic E-state index is 0.0662. The van der Waals surface area contributed by atoms with Crippen LogP contribution in [-0.2, 0) is 6.61 Å². The number of hydrogen-bond donors (Lipinski definition) is 1. The number of nitrogens with zero attached hydrogens (tertiary/aromatic N) is 1. The molecule has 108 valence electrons. The summed E-state index contributed by atoms with van der Waals surface area (Å²) in [5.41, 5.74) is 8.00. The summed E-state index contributed by atoms with van der Waals surface area (Å²) in [5, 5.41) is 0.965. The molecule has 0 bridgehead atoms. The van der Waals surface area contributed by atoms with Gasteiger partial charge in [-0.3, -0.25) is 0 Å². The molecule has 1 atom stereocenters. The van der Waals surface area contributed by atoms with Gasteiger partial charge in [0, 0.05) is 16.1 Å². The van der Waals surface area contributed by atoms with E-state index in [9.17, 15) is 0 Å². The first-order chi connectivity index (χ1) is 10.1. The highest BCUT2D eigenvalue weighted by molar-refractivity contribution is 9.10. The molecule has 0 fully saturated rings. The highest BCUT2D eigenvalue weighted by atomic mass is 79.9. The van der Waals surface area contributed by atoms with E-state index in [0.717, 1.165) is 26.3 Å². The molecule has 0 aliphatic carbocycles. The minimum atomic E-state index is -0.0662. The van der Waals surface area contributed by atoms with Crippen LogP contribution < -0.4 is 10.5 Å². The van der Waals surface area contributed by atoms with Gasteiger partial charge in [0.25, 0.3) is 0 Å². The number of halogens is 1. The zero-order valence-electron chi connectivity index (χ0n) is 11.5. The van der Waals surface area contributed by atoms with Crippen LogP contribution in [0.1, 0.15) is 23.5 Å². The third-order valence-corrected chi connectivity index (χ3v) is 4.66. The molecule has 0 aliphatic rings. The predicted molar refractivity (Wildman–Crippen MR) is 90.7 cm³/mol. The number of rotatable bonds is 4. The Balaban J connectivity index is 1.82. The van der Waals surface area contributed by atoms with Gasteiger partial charge in [-0.2, -0.15) is 0 Å². The number of benzene rings is 2. The van der Waals surface area contributed by atoms with Crippen LogP contribution in [0.4, 0.5) is 0 Å². The molecule has 0 saturated heterocycles. The van der Waals surface area contributed by atoms with E-state index in [-0.39, 0.29) is 6.04 Å². The molecule has 0 saturated carbocycles. The average molecular weight is 363 g/mol. The summed E-state index contributed by atoms with van der Waals surface area (Å²) in [6, 6.07) is 14.0. The molecule has 1 unspecified atom stereocenters. The van der Waals surface area contributed by atoms with E-state index < -0.39 is 0 Å². The van der Waals surface area contributed by atoms with Gasteiger partial charge in [0.05, 0.1) is 10.2 Å². The Morgan fingerprint density at radius 3 is 2.86 bits per heavy atom. The van der Waals surface area contributed by atoms with Gasteiger partial charge in [0.1, 0.15) is 17.4 Å². The third kappa shape index (κ3) is 3.26. The number of para-hydroxylation sites is 1. The summed E-state index contributed by atoms with van der Waals surface area (Å²) in [7, 11) is 0. The first-order valence-corrected chi connectivity index (χ1v) is 8.27. The monoisotopic (exact) mass is 362 g/mol. The fourth-order valence-corrected chi connectivity index (χ4v) is 3.35. The number of thiazole rings is 1. The Bertz CT molecular complexity index is 737. The van der Waals surface area contributed by atoms with Crippen LogP contribution in [0, 0.1) is 0 Å². The van der Waals surface area contributed by atoms with Crippen molar-refractivity contribution in [3.63, 3.8) is 0 Å². The number of fused-ring (bicyclic) bond motifs is 1. The van der Waals surface area contributed by atoms with Crippen molar-refractivity contribution in [1.82, 2.24) is 4.98 Å². The molecule has 0 aliphatic heterocycles. The summed E-state index contributed by atoms with van der Waals surface area (Å²) in [5.74, 6) is 0.804. The first-order valence-electron chi connectivity index (χ1n) is 6.66. The molecular weight excluding hydrogens is 348 g/mol. The smallest absolute Gasteiger partial charge is 0.140 e. The summed E-state index contributed by atoms with van der Waals surface area (Å²) < 4.78 is 8.09. The third-order valence-electron chi connectivity index (χ3n) is 3.16. The summed E-state index contributed by atoms with van der Waals surface area (Å²) in [6.45, 7) is 2.41. The second kappa shape index (κ2) is 6.13. The molecule has 5 heteroatoms. The lowest BCUT2D eigenvalue weighted by Crippen LogP contribution is -2.08. The van der Waals surface area contributed by atoms with Gasteiger partial charge in [-0.15, -0.1) is 11.3 Å². The maximum Gasteiger partial charge on any atom is 0.140 e. The topological polar surface area (TPSA) is 48.1 Å². The van der Waals surface area contributed by atoms with Crippen LogP contribution in [0.25, 0.3) is 10.2 Å². The first kappa shape index (κ1) is 14.5. The molecule has 1 heterocycles. The molecule has 0 radical (unpaired) electrons. The van der Waals surface area contributed by atoms with Crippen LogP contribution in [0.3, 0.4) is 0 Å². The Hall–Kier alpha value is -1.43. The molecule has 3 nitrogen and oxygen atoms in total. The van der Waals surface area contributed by atoms with Gasteiger partial charge in [-0.05, 0) is 31.2 Å². The molecule has 1 aromatic heterocycles. The van der Waals surface area contributed by atoms with Gasteiger partial charge >= 0.3 is 0 Å². The van der Waals surface area contributed by atoms with E-state index in [1.54, 1.807) is 11.3 Å². The van der Waals surface area contributed by atoms with Crippen molar-refractivity contribution in [2.24, 2.45) is 5.73 Å². The molecule has 3 rings (SSSR count). The lowest BCUT2D eigenvalue weighted by molar-refractivity contribution is 0.301. The molecule has 2 N–H and O–H groups in total. The van der Waals surface area contributed by atoms with Gasteiger partial charge in [-0.25, -0.2) is 4.98 Å². The fraction of sp³-hybridized carbons (Fsp3) is 0.188. The summed E-state index contributed by atoms with van der Waals surface area (Å²) in [6.07, 6.45) is 0. The summed E-state index contributed by atoms with van der Waals surface area (Å²) >= 11 is 5.12. The quantitative estimate of drug-likeness (QED) is 0.734. The minimum Gasteiger partial charge on any atom is -0.486 e. The van der Waals surface area contributed by atoms with Crippen LogP contribution >= 0.6 is 27.3 Å². The van der Waals surface area contributed by atoms with E-state index in [1.807, 2.05) is 43.3 Å². The molecule has 0 spiro atoms. The van der Waals surface area contributed by atoms with Gasteiger partial charge in [-0.1, -0.05) is 34.1 Å². The number of aromatic nitrogens is 1. The zero-order valence-corrected chi connectivity index (χ0v) is 13.9. The Morgan fingerprint density at radius 1 is 1.29 bits per heavy atom. The van der Waals surface area contributed by atoms with Crippen molar-refractivity contribution in [2.45, 2.75) is 19.6 Å². The highest BCUT2D eigenvalue weighted by Gasteiger charge is 2.10. The average Bonchev–Trinajstić information content (AvgIpc) is 2.87. The Labute approximate surface area is 135 Å². The lowest BCUT2D eigenvalue weighted by Gasteiger charge is -2.13. The van der Waals surface area contributed by atoms with Crippen molar-refractivity contribution in [3.8, 4) is 5.75 Å². The zero-order chi connectivity index (χ0) is 14.8. The SMILES string of the molecule is CC(N)c1ccc(Br)cc1OCc1nc2ccccc2s1. The molecular formula is C16H15BrN2OS. The fourth-order valence-electron chi connectivity index (χ4n) is 2.13. The molecule has 0 amide bonds. The standard InChI is InChI=1S/C16H15BrN2OS/c1-10(18)12-7-6-11(17)8-14(12)20-9-16-19-13-4-2-3-5-15(13)21-16/h2-8,10H,9,18H2,1H3. The summed E-state index contributed by atoms with van der Waals surface area (Å²) in [4.78, 5) is 4.58. The number of hydrogen-bond acceptors (Lipinski definition) is 4. The van der Waals surface area contributed by atoms with E-state index in [0.29, 0.717) is 6.61 Å². The van der Waals surface area contributed by atoms with Gasteiger partial charge in [0.2, 0.25) is 0 Å². The van der Waals surface area contributed by atoms with Crippen molar-refractivity contribution >= 4 is 37.5 Å². The van der Waals surface area contributed by atoms with Crippen molar-refractivity contribution in [3.05, 3.63) is 57.5 Å². The van der Waals surface area contributed by atoms with Crippen molar-refractivity contribution in [2.75, 3.05) is 0 Å². The normalized spacial score (nSPS) is 12.5. The number of nitrogens with two attached hydrogens (primary N) is 1. The van der Waals surface area contributed by atoms with Crippen molar-refractivity contribution in [1.29, 1.82) is 0 Å². The largest absolute Gasteiger partial charge is 0.486 e. The second-order valence-corrected chi connectivity index (χ2v) is 6.87. The van der Waals surface area contributed by atoms with Crippen molar-refractivity contribution < 1.29 is 4.74 Å². The number of ether oxygens (including phenoxy) is 1. The van der Waals surface area contributed by atoms with Crippen LogP contribution in [-0.4, -0.2) is 4.98 Å². The predicted octanol–water partition coefficient (Wildman–Crippen LogP) is 4.66. The van der Waals surface area contributed by atoms with E-state index in [1.165, 1.54) is 4.70 Å². The Morgan fingerprint density at radius 2 is 2.10 bits per heavy atom. The van der Waals surface area contributed by atoms with E-state index in [4.69, 9.17) is 10.5 Å². The second-order valence-electron chi connectivity index (χ2n) is 4.83. The van der Waals surface area contributed by atoms with Gasteiger partial charge in [0.15, 0.2) is 0 Å². The lowest BCUT2D eigenvalue weighted by atomic mass is 10.1. The molecule has 3 aromatic rings. The van der Waals surface area contributed by atoms with Crippen LogP contribution in [0.15, 0.2) is 46.9 Å².